The average Bonchev–Trinajstić information content (AvgIpc) is 2.26. The van der Waals surface area contributed by atoms with Gasteiger partial charge < -0.3 is 4.74 Å². The smallest absolute Gasteiger partial charge is 0.0925 e. The van der Waals surface area contributed by atoms with Crippen molar-refractivity contribution in [3.8, 4) is 0 Å². The molecule has 0 bridgehead atoms. The summed E-state index contributed by atoms with van der Waals surface area (Å²) in [5, 5.41) is 0.825. The minimum Gasteiger partial charge on any atom is -0.369 e. The molecular weight excluding hydrogens is 332 g/mol. The Morgan fingerprint density at radius 2 is 1.69 bits per heavy atom. The summed E-state index contributed by atoms with van der Waals surface area (Å²) in [7, 11) is 0. The predicted molar refractivity (Wildman–Crippen MR) is 76.1 cm³/mol. The molecule has 1 aromatic carbocycles. The number of benzene rings is 1. The minimum absolute atomic E-state index is 0.130. The lowest BCUT2D eigenvalue weighted by atomic mass is 10.1. The summed E-state index contributed by atoms with van der Waals surface area (Å²) >= 11 is 6.95. The molecule has 0 heterocycles. The van der Waals surface area contributed by atoms with Crippen molar-refractivity contribution in [1.82, 2.24) is 0 Å². The van der Waals surface area contributed by atoms with Crippen molar-refractivity contribution in [2.45, 2.75) is 33.0 Å². The van der Waals surface area contributed by atoms with E-state index in [0.717, 1.165) is 9.80 Å². The molecule has 1 aromatic rings. The Kier molecular flexibility index (Phi) is 6.01. The van der Waals surface area contributed by atoms with Crippen molar-refractivity contribution in [2.24, 2.45) is 5.92 Å². The van der Waals surface area contributed by atoms with Crippen LogP contribution in [0.4, 0.5) is 0 Å². The van der Waals surface area contributed by atoms with Crippen molar-refractivity contribution in [3.63, 3.8) is 0 Å². The highest BCUT2D eigenvalue weighted by atomic mass is 79.9. The molecule has 3 heteroatoms. The van der Waals surface area contributed by atoms with Gasteiger partial charge in [0.2, 0.25) is 0 Å². The third-order valence-corrected chi connectivity index (χ3v) is 3.82. The first-order valence-electron chi connectivity index (χ1n) is 5.51. The Labute approximate surface area is 115 Å². The normalized spacial score (nSPS) is 15.1. The van der Waals surface area contributed by atoms with Crippen LogP contribution in [0.1, 0.15) is 32.4 Å². The van der Waals surface area contributed by atoms with Crippen LogP contribution in [0.25, 0.3) is 0 Å². The number of hydrogen-bond donors (Lipinski definition) is 0. The molecule has 1 rings (SSSR count). The summed E-state index contributed by atoms with van der Waals surface area (Å²) in [5.74, 6) is 0.539. The topological polar surface area (TPSA) is 9.23 Å². The summed E-state index contributed by atoms with van der Waals surface area (Å²) in [6.45, 7) is 6.48. The Morgan fingerprint density at radius 1 is 1.12 bits per heavy atom. The second-order valence-electron chi connectivity index (χ2n) is 4.28. The molecule has 0 amide bonds. The minimum atomic E-state index is 0.130. The van der Waals surface area contributed by atoms with E-state index in [1.807, 2.05) is 12.1 Å². The fourth-order valence-corrected chi connectivity index (χ4v) is 2.09. The molecule has 0 N–H and O–H groups in total. The fraction of sp³-hybridized carbons (Fsp3) is 0.538. The number of ether oxygens (including phenoxy) is 1. The summed E-state index contributed by atoms with van der Waals surface area (Å²) in [4.78, 5) is 0. The highest BCUT2D eigenvalue weighted by molar-refractivity contribution is 9.10. The molecule has 0 aromatic heterocycles. The summed E-state index contributed by atoms with van der Waals surface area (Å²) in [5.41, 5.74) is 1.22. The van der Waals surface area contributed by atoms with E-state index in [9.17, 15) is 0 Å². The first kappa shape index (κ1) is 14.2. The number of alkyl halides is 1. The van der Waals surface area contributed by atoms with Crippen LogP contribution in [-0.4, -0.2) is 11.4 Å². The van der Waals surface area contributed by atoms with Crippen LogP contribution in [0.3, 0.4) is 0 Å². The molecule has 90 valence electrons. The van der Waals surface area contributed by atoms with Crippen molar-refractivity contribution in [2.75, 3.05) is 5.33 Å². The van der Waals surface area contributed by atoms with Gasteiger partial charge in [0.25, 0.3) is 0 Å². The quantitative estimate of drug-likeness (QED) is 0.683. The van der Waals surface area contributed by atoms with Crippen molar-refractivity contribution in [1.29, 1.82) is 0 Å². The maximum Gasteiger partial charge on any atom is 0.0925 e. The number of halogens is 2. The lowest BCUT2D eigenvalue weighted by Crippen LogP contribution is -2.19. The zero-order valence-corrected chi connectivity index (χ0v) is 13.1. The van der Waals surface area contributed by atoms with E-state index < -0.39 is 0 Å². The average molecular weight is 350 g/mol. The van der Waals surface area contributed by atoms with E-state index >= 15 is 0 Å². The Bertz CT molecular complexity index is 308. The third kappa shape index (κ3) is 4.19. The molecule has 0 aliphatic carbocycles. The van der Waals surface area contributed by atoms with Gasteiger partial charge in [-0.3, -0.25) is 0 Å². The van der Waals surface area contributed by atoms with Crippen molar-refractivity contribution >= 4 is 31.9 Å². The van der Waals surface area contributed by atoms with Gasteiger partial charge in [0.05, 0.1) is 12.2 Å². The van der Waals surface area contributed by atoms with E-state index in [4.69, 9.17) is 4.74 Å². The molecule has 0 aliphatic heterocycles. The van der Waals surface area contributed by atoms with E-state index in [2.05, 4.69) is 64.8 Å². The van der Waals surface area contributed by atoms with Crippen LogP contribution in [0.5, 0.6) is 0 Å². The van der Waals surface area contributed by atoms with Gasteiger partial charge >= 0.3 is 0 Å². The van der Waals surface area contributed by atoms with Gasteiger partial charge in [-0.15, -0.1) is 0 Å². The molecule has 0 fully saturated rings. The van der Waals surface area contributed by atoms with Gasteiger partial charge in [0.15, 0.2) is 0 Å². The third-order valence-electron chi connectivity index (χ3n) is 2.70. The van der Waals surface area contributed by atoms with Gasteiger partial charge in [0, 0.05) is 9.80 Å². The highest BCUT2D eigenvalue weighted by Crippen LogP contribution is 2.25. The first-order valence-corrected chi connectivity index (χ1v) is 7.43. The van der Waals surface area contributed by atoms with Crippen LogP contribution >= 0.6 is 31.9 Å². The lowest BCUT2D eigenvalue weighted by Gasteiger charge is -2.23. The van der Waals surface area contributed by atoms with Crippen molar-refractivity contribution < 1.29 is 4.74 Å². The fourth-order valence-electron chi connectivity index (χ4n) is 1.30. The van der Waals surface area contributed by atoms with Crippen LogP contribution < -0.4 is 0 Å². The standard InChI is InChI=1S/C13H18Br2O/c1-9(2)10(3)16-13(8-14)11-4-6-12(15)7-5-11/h4-7,9-10,13H,8H2,1-3H3. The summed E-state index contributed by atoms with van der Waals surface area (Å²) in [6, 6.07) is 8.30. The van der Waals surface area contributed by atoms with Gasteiger partial charge in [0.1, 0.15) is 0 Å². The second-order valence-corrected chi connectivity index (χ2v) is 5.84. The summed E-state index contributed by atoms with van der Waals surface area (Å²) in [6.07, 6.45) is 0.400. The molecule has 16 heavy (non-hydrogen) atoms. The second kappa shape index (κ2) is 6.77. The van der Waals surface area contributed by atoms with Gasteiger partial charge in [-0.2, -0.15) is 0 Å². The van der Waals surface area contributed by atoms with E-state index in [0.29, 0.717) is 5.92 Å². The maximum absolute atomic E-state index is 6.02. The van der Waals surface area contributed by atoms with Gasteiger partial charge in [-0.25, -0.2) is 0 Å². The Balaban J connectivity index is 2.70. The molecule has 0 saturated heterocycles. The van der Waals surface area contributed by atoms with Crippen LogP contribution in [0.2, 0.25) is 0 Å². The molecule has 0 radical (unpaired) electrons. The first-order chi connectivity index (χ1) is 7.54. The zero-order chi connectivity index (χ0) is 12.1. The van der Waals surface area contributed by atoms with Gasteiger partial charge in [-0.05, 0) is 30.5 Å². The van der Waals surface area contributed by atoms with Crippen LogP contribution in [0.15, 0.2) is 28.7 Å². The Hall–Kier alpha value is 0.140. The van der Waals surface area contributed by atoms with E-state index in [1.165, 1.54) is 5.56 Å². The van der Waals surface area contributed by atoms with Gasteiger partial charge in [-0.1, -0.05) is 57.8 Å². The maximum atomic E-state index is 6.02. The SMILES string of the molecule is CC(C)C(C)OC(CBr)c1ccc(Br)cc1. The number of hydrogen-bond acceptors (Lipinski definition) is 1. The van der Waals surface area contributed by atoms with Crippen LogP contribution in [0, 0.1) is 5.92 Å². The number of rotatable bonds is 5. The lowest BCUT2D eigenvalue weighted by molar-refractivity contribution is -0.0142. The predicted octanol–water partition coefficient (Wildman–Crippen LogP) is 4.95. The monoisotopic (exact) mass is 348 g/mol. The largest absolute Gasteiger partial charge is 0.369 e. The zero-order valence-electron chi connectivity index (χ0n) is 9.91. The van der Waals surface area contributed by atoms with E-state index in [-0.39, 0.29) is 12.2 Å². The molecule has 1 nitrogen and oxygen atoms in total. The molecular formula is C13H18Br2O. The molecule has 2 unspecified atom stereocenters. The highest BCUT2D eigenvalue weighted by Gasteiger charge is 2.16. The van der Waals surface area contributed by atoms with Crippen molar-refractivity contribution in [3.05, 3.63) is 34.3 Å². The molecule has 0 saturated carbocycles. The summed E-state index contributed by atoms with van der Waals surface area (Å²) < 4.78 is 7.12. The molecule has 2 atom stereocenters. The van der Waals surface area contributed by atoms with Crippen LogP contribution in [-0.2, 0) is 4.74 Å². The van der Waals surface area contributed by atoms with E-state index in [1.54, 1.807) is 0 Å². The Morgan fingerprint density at radius 3 is 2.12 bits per heavy atom. The molecule has 0 aliphatic rings. The molecule has 0 spiro atoms.